The number of carbonyl (C=O) groups excluding carboxylic acids is 2. The van der Waals surface area contributed by atoms with Crippen LogP contribution >= 0.6 is 15.9 Å². The third kappa shape index (κ3) is 3.94. The van der Waals surface area contributed by atoms with Gasteiger partial charge in [0.2, 0.25) is 5.91 Å². The van der Waals surface area contributed by atoms with Crippen LogP contribution in [0.1, 0.15) is 10.6 Å². The van der Waals surface area contributed by atoms with Crippen molar-refractivity contribution in [3.63, 3.8) is 0 Å². The van der Waals surface area contributed by atoms with Crippen molar-refractivity contribution in [1.29, 1.82) is 0 Å². The van der Waals surface area contributed by atoms with Gasteiger partial charge in [-0.3, -0.25) is 14.5 Å². The Kier molecular flexibility index (Phi) is 5.14. The van der Waals surface area contributed by atoms with Gasteiger partial charge in [-0.15, -0.1) is 0 Å². The zero-order valence-electron chi connectivity index (χ0n) is 13.0. The van der Waals surface area contributed by atoms with E-state index < -0.39 is 5.91 Å². The van der Waals surface area contributed by atoms with Crippen molar-refractivity contribution in [1.82, 2.24) is 10.2 Å². The maximum absolute atomic E-state index is 12.2. The van der Waals surface area contributed by atoms with Crippen LogP contribution in [0.5, 0.6) is 0 Å². The molecule has 2 aromatic heterocycles. The van der Waals surface area contributed by atoms with Crippen LogP contribution in [0, 0.1) is 0 Å². The SMILES string of the molecule is O=C(NCC(=O)N1CCN(c2cccc[nH+]2)CC1)c1ccc(Br)o1. The monoisotopic (exact) mass is 393 g/mol. The molecular weight excluding hydrogens is 376 g/mol. The molecule has 7 nitrogen and oxygen atoms in total. The van der Waals surface area contributed by atoms with Gasteiger partial charge < -0.3 is 14.6 Å². The second-order valence-electron chi connectivity index (χ2n) is 5.40. The number of hydrogen-bond acceptors (Lipinski definition) is 4. The number of nitrogens with one attached hydrogen (secondary N) is 2. The summed E-state index contributed by atoms with van der Waals surface area (Å²) in [5.74, 6) is 0.734. The molecule has 126 valence electrons. The lowest BCUT2D eigenvalue weighted by Crippen LogP contribution is -2.52. The average molecular weight is 394 g/mol. The highest BCUT2D eigenvalue weighted by Gasteiger charge is 2.26. The van der Waals surface area contributed by atoms with E-state index in [1.54, 1.807) is 17.0 Å². The molecular formula is C16H18BrN4O3+. The normalized spacial score (nSPS) is 14.5. The van der Waals surface area contributed by atoms with Crippen molar-refractivity contribution < 1.29 is 19.0 Å². The van der Waals surface area contributed by atoms with E-state index in [0.29, 0.717) is 17.8 Å². The van der Waals surface area contributed by atoms with E-state index in [4.69, 9.17) is 4.42 Å². The number of aromatic amines is 1. The van der Waals surface area contributed by atoms with Crippen molar-refractivity contribution in [3.8, 4) is 0 Å². The molecule has 1 aliphatic rings. The summed E-state index contributed by atoms with van der Waals surface area (Å²) in [6.07, 6.45) is 1.88. The molecule has 0 atom stereocenters. The molecule has 0 unspecified atom stereocenters. The highest BCUT2D eigenvalue weighted by Crippen LogP contribution is 2.14. The minimum atomic E-state index is -0.397. The maximum atomic E-state index is 12.2. The first-order chi connectivity index (χ1) is 11.6. The molecule has 0 aliphatic carbocycles. The lowest BCUT2D eigenvalue weighted by Gasteiger charge is -2.31. The molecule has 3 heterocycles. The van der Waals surface area contributed by atoms with Gasteiger partial charge >= 0.3 is 0 Å². The molecule has 1 fully saturated rings. The Hall–Kier alpha value is -2.35. The number of pyridine rings is 1. The number of rotatable bonds is 4. The highest BCUT2D eigenvalue weighted by atomic mass is 79.9. The van der Waals surface area contributed by atoms with E-state index in [9.17, 15) is 9.59 Å². The van der Waals surface area contributed by atoms with Gasteiger partial charge in [0.05, 0.1) is 25.8 Å². The number of aromatic nitrogens is 1. The molecule has 2 aromatic rings. The quantitative estimate of drug-likeness (QED) is 0.837. The number of piperazine rings is 1. The van der Waals surface area contributed by atoms with Gasteiger partial charge in [-0.1, -0.05) is 6.07 Å². The van der Waals surface area contributed by atoms with E-state index >= 15 is 0 Å². The number of H-pyrrole nitrogens is 1. The van der Waals surface area contributed by atoms with Gasteiger partial charge in [0.1, 0.15) is 13.1 Å². The second-order valence-corrected chi connectivity index (χ2v) is 6.18. The minimum Gasteiger partial charge on any atom is -0.444 e. The summed E-state index contributed by atoms with van der Waals surface area (Å²) in [5.41, 5.74) is 0. The molecule has 0 radical (unpaired) electrons. The van der Waals surface area contributed by atoms with Gasteiger partial charge in [-0.2, -0.15) is 0 Å². The molecule has 0 spiro atoms. The average Bonchev–Trinajstić information content (AvgIpc) is 3.07. The Morgan fingerprint density at radius 2 is 1.96 bits per heavy atom. The topological polar surface area (TPSA) is 79.9 Å². The molecule has 0 aromatic carbocycles. The number of anilines is 1. The number of halogens is 1. The molecule has 2 amide bonds. The van der Waals surface area contributed by atoms with Gasteiger partial charge in [0.25, 0.3) is 11.7 Å². The summed E-state index contributed by atoms with van der Waals surface area (Å²) in [6, 6.07) is 9.12. The standard InChI is InChI=1S/C16H17BrN4O3/c17-13-5-4-12(24-13)16(23)19-11-15(22)21-9-7-20(8-10-21)14-3-1-2-6-18-14/h1-6H,7-11H2,(H,19,23)/p+1. The molecule has 0 saturated carbocycles. The molecule has 1 aliphatic heterocycles. The highest BCUT2D eigenvalue weighted by molar-refractivity contribution is 9.10. The Bertz CT molecular complexity index is 711. The fourth-order valence-electron chi connectivity index (χ4n) is 2.57. The van der Waals surface area contributed by atoms with Crippen LogP contribution in [0.2, 0.25) is 0 Å². The first kappa shape index (κ1) is 16.5. The van der Waals surface area contributed by atoms with Crippen LogP contribution in [0.4, 0.5) is 5.82 Å². The first-order valence-electron chi connectivity index (χ1n) is 7.66. The predicted octanol–water partition coefficient (Wildman–Crippen LogP) is 0.935. The van der Waals surface area contributed by atoms with Gasteiger partial charge in [-0.05, 0) is 34.1 Å². The summed E-state index contributed by atoms with van der Waals surface area (Å²) < 4.78 is 5.64. The van der Waals surface area contributed by atoms with E-state index in [1.807, 2.05) is 24.4 Å². The molecule has 0 bridgehead atoms. The number of furan rings is 1. The minimum absolute atomic E-state index is 0.0331. The Morgan fingerprint density at radius 1 is 1.17 bits per heavy atom. The summed E-state index contributed by atoms with van der Waals surface area (Å²) in [6.45, 7) is 2.73. The summed E-state index contributed by atoms with van der Waals surface area (Å²) in [5, 5.41) is 2.59. The van der Waals surface area contributed by atoms with E-state index in [2.05, 4.69) is 31.1 Å². The third-order valence-electron chi connectivity index (χ3n) is 3.86. The Labute approximate surface area is 147 Å². The van der Waals surface area contributed by atoms with Crippen LogP contribution in [-0.4, -0.2) is 49.4 Å². The molecule has 24 heavy (non-hydrogen) atoms. The molecule has 1 saturated heterocycles. The molecule has 2 N–H and O–H groups in total. The summed E-state index contributed by atoms with van der Waals surface area (Å²) >= 11 is 3.14. The van der Waals surface area contributed by atoms with Crippen molar-refractivity contribution in [2.24, 2.45) is 0 Å². The summed E-state index contributed by atoms with van der Waals surface area (Å²) in [4.78, 5) is 31.3. The zero-order valence-corrected chi connectivity index (χ0v) is 14.6. The fraction of sp³-hybridized carbons (Fsp3) is 0.312. The van der Waals surface area contributed by atoms with Crippen LogP contribution < -0.4 is 15.2 Å². The van der Waals surface area contributed by atoms with Crippen LogP contribution in [0.3, 0.4) is 0 Å². The number of amides is 2. The van der Waals surface area contributed by atoms with Gasteiger partial charge in [-0.25, -0.2) is 4.98 Å². The maximum Gasteiger partial charge on any atom is 0.287 e. The van der Waals surface area contributed by atoms with Crippen LogP contribution in [-0.2, 0) is 4.79 Å². The molecule has 3 rings (SSSR count). The smallest absolute Gasteiger partial charge is 0.287 e. The van der Waals surface area contributed by atoms with E-state index in [0.717, 1.165) is 18.9 Å². The zero-order chi connectivity index (χ0) is 16.9. The summed E-state index contributed by atoms with van der Waals surface area (Å²) in [7, 11) is 0. The van der Waals surface area contributed by atoms with Crippen LogP contribution in [0.15, 0.2) is 45.6 Å². The molecule has 8 heteroatoms. The lowest BCUT2D eigenvalue weighted by atomic mass is 10.3. The largest absolute Gasteiger partial charge is 0.444 e. The van der Waals surface area contributed by atoms with Gasteiger partial charge in [0, 0.05) is 6.07 Å². The first-order valence-corrected chi connectivity index (χ1v) is 8.46. The Morgan fingerprint density at radius 3 is 2.58 bits per heavy atom. The van der Waals surface area contributed by atoms with E-state index in [-0.39, 0.29) is 18.2 Å². The van der Waals surface area contributed by atoms with Crippen molar-refractivity contribution in [2.75, 3.05) is 37.6 Å². The van der Waals surface area contributed by atoms with Crippen molar-refractivity contribution >= 4 is 33.6 Å². The van der Waals surface area contributed by atoms with E-state index in [1.165, 1.54) is 0 Å². The number of carbonyl (C=O) groups is 2. The number of hydrogen-bond donors (Lipinski definition) is 1. The fourth-order valence-corrected chi connectivity index (χ4v) is 2.88. The third-order valence-corrected chi connectivity index (χ3v) is 4.29. The lowest BCUT2D eigenvalue weighted by molar-refractivity contribution is -0.364. The second kappa shape index (κ2) is 7.48. The number of nitrogens with zero attached hydrogens (tertiary/aromatic N) is 2. The van der Waals surface area contributed by atoms with Crippen LogP contribution in [0.25, 0.3) is 0 Å². The predicted molar refractivity (Wildman–Crippen MR) is 90.5 cm³/mol. The van der Waals surface area contributed by atoms with Crippen molar-refractivity contribution in [3.05, 3.63) is 47.0 Å². The van der Waals surface area contributed by atoms with Gasteiger partial charge in [0.15, 0.2) is 10.4 Å². The Balaban J connectivity index is 1.46. The van der Waals surface area contributed by atoms with Crippen molar-refractivity contribution in [2.45, 2.75) is 0 Å².